The first-order valence-electron chi connectivity index (χ1n) is 5.28. The van der Waals surface area contributed by atoms with Crippen molar-refractivity contribution in [1.82, 2.24) is 9.78 Å². The van der Waals surface area contributed by atoms with Crippen LogP contribution in [0.1, 0.15) is 24.1 Å². The minimum atomic E-state index is -4.49. The molecular weight excluding hydrogens is 235 g/mol. The lowest BCUT2D eigenvalue weighted by molar-refractivity contribution is -0.143. The summed E-state index contributed by atoms with van der Waals surface area (Å²) in [7, 11) is 1.44. The summed E-state index contributed by atoms with van der Waals surface area (Å²) in [4.78, 5) is 0. The zero-order valence-corrected chi connectivity index (χ0v) is 9.33. The van der Waals surface area contributed by atoms with Crippen molar-refractivity contribution in [3.8, 4) is 0 Å². The molecule has 1 saturated carbocycles. The van der Waals surface area contributed by atoms with Gasteiger partial charge in [0.2, 0.25) is 0 Å². The second-order valence-corrected chi connectivity index (χ2v) is 4.61. The summed E-state index contributed by atoms with van der Waals surface area (Å²) in [5.74, 6) is 0. The quantitative estimate of drug-likeness (QED) is 0.814. The molecule has 1 heterocycles. The molecule has 96 valence electrons. The lowest BCUT2D eigenvalue weighted by atomic mass is 9.63. The van der Waals surface area contributed by atoms with Gasteiger partial charge in [-0.25, -0.2) is 0 Å². The number of rotatable bonds is 2. The molecule has 17 heavy (non-hydrogen) atoms. The summed E-state index contributed by atoms with van der Waals surface area (Å²) >= 11 is 0. The third-order valence-corrected chi connectivity index (χ3v) is 3.31. The first-order chi connectivity index (χ1) is 7.78. The predicted molar refractivity (Wildman–Crippen MR) is 54.2 cm³/mol. The van der Waals surface area contributed by atoms with Crippen LogP contribution < -0.4 is 5.73 Å². The Morgan fingerprint density at radius 1 is 1.59 bits per heavy atom. The molecule has 4 nitrogen and oxygen atoms in total. The third kappa shape index (κ3) is 1.93. The largest absolute Gasteiger partial charge is 0.435 e. The van der Waals surface area contributed by atoms with E-state index in [-0.39, 0.29) is 24.9 Å². The van der Waals surface area contributed by atoms with Gasteiger partial charge in [-0.1, -0.05) is 0 Å². The van der Waals surface area contributed by atoms with Crippen LogP contribution in [0.25, 0.3) is 0 Å². The number of aliphatic hydroxyl groups is 1. The molecule has 0 radical (unpaired) electrons. The molecule has 0 saturated heterocycles. The summed E-state index contributed by atoms with van der Waals surface area (Å²) < 4.78 is 39.6. The number of aryl methyl sites for hydroxylation is 1. The van der Waals surface area contributed by atoms with Crippen LogP contribution in [-0.4, -0.2) is 27.5 Å². The van der Waals surface area contributed by atoms with E-state index in [0.29, 0.717) is 0 Å². The molecule has 1 aromatic rings. The van der Waals surface area contributed by atoms with Gasteiger partial charge >= 0.3 is 6.18 Å². The number of nitrogens with two attached hydrogens (primary N) is 1. The Bertz CT molecular complexity index is 421. The third-order valence-electron chi connectivity index (χ3n) is 3.31. The van der Waals surface area contributed by atoms with E-state index in [1.54, 1.807) is 0 Å². The van der Waals surface area contributed by atoms with E-state index in [2.05, 4.69) is 5.10 Å². The fraction of sp³-hybridized carbons (Fsp3) is 0.700. The fourth-order valence-corrected chi connectivity index (χ4v) is 2.42. The van der Waals surface area contributed by atoms with Crippen molar-refractivity contribution in [2.45, 2.75) is 30.5 Å². The SMILES string of the molecule is Cn1cc(C2(CN)CC(O)C2)c(C(F)(F)F)n1. The number of hydrogen-bond donors (Lipinski definition) is 2. The van der Waals surface area contributed by atoms with Crippen molar-refractivity contribution in [3.63, 3.8) is 0 Å². The average molecular weight is 249 g/mol. The van der Waals surface area contributed by atoms with Crippen LogP contribution in [0.4, 0.5) is 13.2 Å². The van der Waals surface area contributed by atoms with Gasteiger partial charge in [0, 0.05) is 30.8 Å². The van der Waals surface area contributed by atoms with Gasteiger partial charge in [-0.3, -0.25) is 4.68 Å². The van der Waals surface area contributed by atoms with E-state index in [0.717, 1.165) is 4.68 Å². The van der Waals surface area contributed by atoms with Crippen LogP contribution in [-0.2, 0) is 18.6 Å². The number of nitrogens with zero attached hydrogens (tertiary/aromatic N) is 2. The normalized spacial score (nSPS) is 29.2. The highest BCUT2D eigenvalue weighted by molar-refractivity contribution is 5.33. The number of aliphatic hydroxyl groups excluding tert-OH is 1. The summed E-state index contributed by atoms with van der Waals surface area (Å²) in [5.41, 5.74) is 4.00. The molecule has 1 aliphatic rings. The lowest BCUT2D eigenvalue weighted by Gasteiger charge is -2.44. The predicted octanol–water partition coefficient (Wildman–Crippen LogP) is 0.790. The van der Waals surface area contributed by atoms with Crippen molar-refractivity contribution >= 4 is 0 Å². The Morgan fingerprint density at radius 3 is 2.59 bits per heavy atom. The fourth-order valence-electron chi connectivity index (χ4n) is 2.42. The van der Waals surface area contributed by atoms with E-state index in [1.807, 2.05) is 0 Å². The maximum atomic E-state index is 12.8. The molecule has 0 unspecified atom stereocenters. The van der Waals surface area contributed by atoms with Gasteiger partial charge in [0.1, 0.15) is 0 Å². The molecule has 2 rings (SSSR count). The maximum Gasteiger partial charge on any atom is 0.435 e. The highest BCUT2D eigenvalue weighted by Crippen LogP contribution is 2.47. The van der Waals surface area contributed by atoms with Crippen molar-refractivity contribution in [1.29, 1.82) is 0 Å². The van der Waals surface area contributed by atoms with Crippen LogP contribution in [0.5, 0.6) is 0 Å². The molecule has 1 aromatic heterocycles. The van der Waals surface area contributed by atoms with Crippen molar-refractivity contribution in [2.75, 3.05) is 6.54 Å². The zero-order valence-electron chi connectivity index (χ0n) is 9.33. The number of aromatic nitrogens is 2. The standard InChI is InChI=1S/C10H14F3N3O/c1-16-4-7(8(15-16)10(11,12)13)9(5-14)2-6(17)3-9/h4,6,17H,2-3,5,14H2,1H3. The molecule has 0 spiro atoms. The lowest BCUT2D eigenvalue weighted by Crippen LogP contribution is -2.50. The zero-order chi connectivity index (χ0) is 12.8. The monoisotopic (exact) mass is 249 g/mol. The van der Waals surface area contributed by atoms with Crippen LogP contribution in [0.15, 0.2) is 6.20 Å². The molecule has 1 fully saturated rings. The Kier molecular flexibility index (Phi) is 2.70. The van der Waals surface area contributed by atoms with Gasteiger partial charge in [0.05, 0.1) is 6.10 Å². The van der Waals surface area contributed by atoms with Gasteiger partial charge in [-0.15, -0.1) is 0 Å². The number of hydrogen-bond acceptors (Lipinski definition) is 3. The smallest absolute Gasteiger partial charge is 0.393 e. The Balaban J connectivity index is 2.45. The molecule has 0 aliphatic heterocycles. The maximum absolute atomic E-state index is 12.8. The topological polar surface area (TPSA) is 64.1 Å². The summed E-state index contributed by atoms with van der Waals surface area (Å²) in [6, 6.07) is 0. The molecule has 0 bridgehead atoms. The number of halogens is 3. The Morgan fingerprint density at radius 2 is 2.18 bits per heavy atom. The van der Waals surface area contributed by atoms with Crippen LogP contribution >= 0.6 is 0 Å². The molecule has 7 heteroatoms. The van der Waals surface area contributed by atoms with Gasteiger partial charge in [0.15, 0.2) is 5.69 Å². The van der Waals surface area contributed by atoms with E-state index < -0.39 is 23.4 Å². The second kappa shape index (κ2) is 3.71. The molecule has 3 N–H and O–H groups in total. The van der Waals surface area contributed by atoms with E-state index in [4.69, 9.17) is 5.73 Å². The molecule has 1 aliphatic carbocycles. The molecule has 0 atom stereocenters. The minimum absolute atomic E-state index is 0.0822. The molecular formula is C10H14F3N3O. The first-order valence-corrected chi connectivity index (χ1v) is 5.28. The van der Waals surface area contributed by atoms with Crippen LogP contribution in [0.2, 0.25) is 0 Å². The number of alkyl halides is 3. The van der Waals surface area contributed by atoms with Gasteiger partial charge in [0.25, 0.3) is 0 Å². The van der Waals surface area contributed by atoms with Crippen LogP contribution in [0.3, 0.4) is 0 Å². The Labute approximate surface area is 96.2 Å². The van der Waals surface area contributed by atoms with E-state index in [9.17, 15) is 18.3 Å². The minimum Gasteiger partial charge on any atom is -0.393 e. The second-order valence-electron chi connectivity index (χ2n) is 4.61. The summed E-state index contributed by atoms with van der Waals surface area (Å²) in [5, 5.41) is 12.8. The molecule has 0 amide bonds. The average Bonchev–Trinajstić information content (AvgIpc) is 2.55. The van der Waals surface area contributed by atoms with Gasteiger partial charge < -0.3 is 10.8 Å². The summed E-state index contributed by atoms with van der Waals surface area (Å²) in [6.45, 7) is 0.0822. The van der Waals surface area contributed by atoms with Gasteiger partial charge in [-0.05, 0) is 12.8 Å². The Hall–Kier alpha value is -1.08. The van der Waals surface area contributed by atoms with Crippen LogP contribution in [0, 0.1) is 0 Å². The highest BCUT2D eigenvalue weighted by Gasteiger charge is 2.50. The summed E-state index contributed by atoms with van der Waals surface area (Å²) in [6.07, 6.45) is -3.18. The van der Waals surface area contributed by atoms with Crippen molar-refractivity contribution in [2.24, 2.45) is 12.8 Å². The first kappa shape index (κ1) is 12.4. The van der Waals surface area contributed by atoms with E-state index >= 15 is 0 Å². The van der Waals surface area contributed by atoms with E-state index in [1.165, 1.54) is 13.2 Å². The molecule has 0 aromatic carbocycles. The van der Waals surface area contributed by atoms with Crippen molar-refractivity contribution in [3.05, 3.63) is 17.5 Å². The van der Waals surface area contributed by atoms with Gasteiger partial charge in [-0.2, -0.15) is 18.3 Å². The highest BCUT2D eigenvalue weighted by atomic mass is 19.4. The van der Waals surface area contributed by atoms with Crippen molar-refractivity contribution < 1.29 is 18.3 Å².